The number of amides is 1. The van der Waals surface area contributed by atoms with E-state index in [-0.39, 0.29) is 6.61 Å². The van der Waals surface area contributed by atoms with Crippen molar-refractivity contribution in [2.75, 3.05) is 6.61 Å². The summed E-state index contributed by atoms with van der Waals surface area (Å²) in [7, 11) is 0. The molecule has 1 amide bonds. The van der Waals surface area contributed by atoms with E-state index < -0.39 is 23.5 Å². The van der Waals surface area contributed by atoms with Crippen molar-refractivity contribution in [1.29, 1.82) is 0 Å². The van der Waals surface area contributed by atoms with Crippen LogP contribution in [0.5, 0.6) is 0 Å². The summed E-state index contributed by atoms with van der Waals surface area (Å²) >= 11 is 0. The maximum Gasteiger partial charge on any atom is 0.323 e. The fraction of sp³-hybridized carbons (Fsp3) is 0.412. The van der Waals surface area contributed by atoms with Crippen molar-refractivity contribution in [2.24, 2.45) is 0 Å². The molecule has 0 fully saturated rings. The van der Waals surface area contributed by atoms with Gasteiger partial charge in [0.25, 0.3) is 5.91 Å². The van der Waals surface area contributed by atoms with Crippen molar-refractivity contribution in [3.05, 3.63) is 41.5 Å². The van der Waals surface area contributed by atoms with Gasteiger partial charge in [-0.1, -0.05) is 24.3 Å². The van der Waals surface area contributed by atoms with Crippen LogP contribution in [0.3, 0.4) is 0 Å². The monoisotopic (exact) mass is 336 g/mol. The number of benzene rings is 1. The van der Waals surface area contributed by atoms with Crippen LogP contribution in [-0.2, 0) is 20.9 Å². The van der Waals surface area contributed by atoms with Crippen LogP contribution in [0, 0.1) is 0 Å². The van der Waals surface area contributed by atoms with Gasteiger partial charge in [-0.15, -0.1) is 0 Å². The number of carbonyl (C=O) groups excluding carboxylic acids is 1. The van der Waals surface area contributed by atoms with Gasteiger partial charge in [0.15, 0.2) is 0 Å². The maximum absolute atomic E-state index is 11.3. The van der Waals surface area contributed by atoms with Gasteiger partial charge in [0.05, 0.1) is 12.2 Å². The van der Waals surface area contributed by atoms with Gasteiger partial charge in [0.2, 0.25) is 0 Å². The SMILES string of the molecule is CC(C)(C)OC[C@H](NCc1ccc(C=CC(=O)NO)cc1)C(=O)O. The molecule has 0 aliphatic heterocycles. The fourth-order valence-electron chi connectivity index (χ4n) is 1.75. The van der Waals surface area contributed by atoms with E-state index in [1.165, 1.54) is 11.6 Å². The van der Waals surface area contributed by atoms with Gasteiger partial charge in [-0.25, -0.2) is 5.48 Å². The second kappa shape index (κ2) is 9.17. The molecule has 0 heterocycles. The lowest BCUT2D eigenvalue weighted by atomic mass is 10.1. The first-order chi connectivity index (χ1) is 11.2. The topological polar surface area (TPSA) is 108 Å². The van der Waals surface area contributed by atoms with Crippen LogP contribution < -0.4 is 10.8 Å². The second-order valence-corrected chi connectivity index (χ2v) is 6.25. The highest BCUT2D eigenvalue weighted by Crippen LogP contribution is 2.09. The Kier molecular flexibility index (Phi) is 7.57. The van der Waals surface area contributed by atoms with Gasteiger partial charge in [0, 0.05) is 12.6 Å². The van der Waals surface area contributed by atoms with Gasteiger partial charge in [0.1, 0.15) is 6.04 Å². The first-order valence-corrected chi connectivity index (χ1v) is 7.52. The Morgan fingerprint density at radius 1 is 1.25 bits per heavy atom. The van der Waals surface area contributed by atoms with Crippen LogP contribution in [0.4, 0.5) is 0 Å². The zero-order valence-corrected chi connectivity index (χ0v) is 14.1. The van der Waals surface area contributed by atoms with Crippen LogP contribution in [-0.4, -0.2) is 40.4 Å². The van der Waals surface area contributed by atoms with Crippen LogP contribution in [0.1, 0.15) is 31.9 Å². The van der Waals surface area contributed by atoms with Crippen molar-refractivity contribution in [3.63, 3.8) is 0 Å². The predicted octanol–water partition coefficient (Wildman–Crippen LogP) is 1.56. The van der Waals surface area contributed by atoms with E-state index in [4.69, 9.17) is 9.94 Å². The second-order valence-electron chi connectivity index (χ2n) is 6.25. The van der Waals surface area contributed by atoms with Gasteiger partial charge < -0.3 is 9.84 Å². The summed E-state index contributed by atoms with van der Waals surface area (Å²) in [5, 5.41) is 20.6. The largest absolute Gasteiger partial charge is 0.480 e. The molecule has 132 valence electrons. The summed E-state index contributed by atoms with van der Waals surface area (Å²) in [4.78, 5) is 22.2. The van der Waals surface area contributed by atoms with Gasteiger partial charge in [-0.05, 0) is 38.0 Å². The van der Waals surface area contributed by atoms with E-state index in [1.54, 1.807) is 18.2 Å². The van der Waals surface area contributed by atoms with Gasteiger partial charge >= 0.3 is 5.97 Å². The molecule has 1 aromatic carbocycles. The highest BCUT2D eigenvalue weighted by Gasteiger charge is 2.20. The molecule has 1 rings (SSSR count). The summed E-state index contributed by atoms with van der Waals surface area (Å²) in [5.41, 5.74) is 2.80. The lowest BCUT2D eigenvalue weighted by Gasteiger charge is -2.23. The molecule has 0 radical (unpaired) electrons. The quantitative estimate of drug-likeness (QED) is 0.326. The Bertz CT molecular complexity index is 576. The van der Waals surface area contributed by atoms with Crippen molar-refractivity contribution in [2.45, 2.75) is 39.0 Å². The molecule has 0 saturated carbocycles. The number of nitrogens with one attached hydrogen (secondary N) is 2. The minimum absolute atomic E-state index is 0.0793. The minimum atomic E-state index is -0.964. The van der Waals surface area contributed by atoms with Crippen LogP contribution in [0.15, 0.2) is 30.3 Å². The highest BCUT2D eigenvalue weighted by atomic mass is 16.5. The molecule has 0 unspecified atom stereocenters. The molecular formula is C17H24N2O5. The third-order valence-corrected chi connectivity index (χ3v) is 3.05. The number of hydrogen-bond acceptors (Lipinski definition) is 5. The molecule has 0 spiro atoms. The number of aliphatic carboxylic acids is 1. The lowest BCUT2D eigenvalue weighted by molar-refractivity contribution is -0.142. The molecule has 7 nitrogen and oxygen atoms in total. The van der Waals surface area contributed by atoms with Crippen LogP contribution in [0.25, 0.3) is 6.08 Å². The Morgan fingerprint density at radius 3 is 2.38 bits per heavy atom. The minimum Gasteiger partial charge on any atom is -0.480 e. The zero-order chi connectivity index (χ0) is 18.2. The molecule has 24 heavy (non-hydrogen) atoms. The summed E-state index contributed by atoms with van der Waals surface area (Å²) in [5.74, 6) is -1.57. The third kappa shape index (κ3) is 7.87. The Morgan fingerprint density at radius 2 is 1.88 bits per heavy atom. The number of rotatable bonds is 8. The Hall–Kier alpha value is -2.22. The van der Waals surface area contributed by atoms with E-state index in [2.05, 4.69) is 5.32 Å². The van der Waals surface area contributed by atoms with Crippen LogP contribution in [0.2, 0.25) is 0 Å². The normalized spacial score (nSPS) is 13.0. The third-order valence-electron chi connectivity index (χ3n) is 3.05. The summed E-state index contributed by atoms with van der Waals surface area (Å²) in [6, 6.07) is 6.44. The van der Waals surface area contributed by atoms with Crippen molar-refractivity contribution < 1.29 is 24.6 Å². The van der Waals surface area contributed by atoms with E-state index in [0.717, 1.165) is 11.1 Å². The first-order valence-electron chi connectivity index (χ1n) is 7.52. The van der Waals surface area contributed by atoms with Crippen molar-refractivity contribution in [1.82, 2.24) is 10.8 Å². The Labute approximate surface area is 141 Å². The molecule has 0 aliphatic rings. The van der Waals surface area contributed by atoms with Crippen molar-refractivity contribution >= 4 is 18.0 Å². The molecule has 1 atom stereocenters. The first kappa shape index (κ1) is 19.8. The molecule has 4 N–H and O–H groups in total. The number of carbonyl (C=O) groups is 2. The fourth-order valence-corrected chi connectivity index (χ4v) is 1.75. The molecule has 0 aliphatic carbocycles. The van der Waals surface area contributed by atoms with E-state index in [9.17, 15) is 14.7 Å². The number of carboxylic acids is 1. The lowest BCUT2D eigenvalue weighted by Crippen LogP contribution is -2.42. The zero-order valence-electron chi connectivity index (χ0n) is 14.1. The Balaban J connectivity index is 2.57. The smallest absolute Gasteiger partial charge is 0.323 e. The van der Waals surface area contributed by atoms with Crippen molar-refractivity contribution in [3.8, 4) is 0 Å². The average Bonchev–Trinajstić information content (AvgIpc) is 2.52. The maximum atomic E-state index is 11.3. The van der Waals surface area contributed by atoms with Gasteiger partial charge in [-0.3, -0.25) is 20.1 Å². The molecule has 7 heteroatoms. The molecule has 0 aromatic heterocycles. The van der Waals surface area contributed by atoms with E-state index in [1.807, 2.05) is 32.9 Å². The molecule has 0 bridgehead atoms. The van der Waals surface area contributed by atoms with Crippen LogP contribution >= 0.6 is 0 Å². The number of ether oxygens (including phenoxy) is 1. The predicted molar refractivity (Wildman–Crippen MR) is 89.4 cm³/mol. The number of carboxylic acid groups (broad SMARTS) is 1. The van der Waals surface area contributed by atoms with Gasteiger partial charge in [-0.2, -0.15) is 0 Å². The standard InChI is InChI=1S/C17H24N2O5/c1-17(2,3)24-11-14(16(21)22)18-10-13-6-4-12(5-7-13)8-9-15(20)19-23/h4-9,14,18,23H,10-11H2,1-3H3,(H,19,20)(H,21,22)/t14-/m0/s1. The molecule has 1 aromatic rings. The van der Waals surface area contributed by atoms with E-state index >= 15 is 0 Å². The molecular weight excluding hydrogens is 312 g/mol. The summed E-state index contributed by atoms with van der Waals surface area (Å²) < 4.78 is 5.51. The number of hydrogen-bond donors (Lipinski definition) is 4. The average molecular weight is 336 g/mol. The summed E-state index contributed by atoms with van der Waals surface area (Å²) in [6.45, 7) is 6.07. The van der Waals surface area contributed by atoms with E-state index in [0.29, 0.717) is 6.54 Å². The number of hydroxylamine groups is 1. The molecule has 0 saturated heterocycles. The summed E-state index contributed by atoms with van der Waals surface area (Å²) in [6.07, 6.45) is 2.76. The highest BCUT2D eigenvalue weighted by molar-refractivity contribution is 5.90.